The SMILES string of the molecule is CC(=O)NC1([N+](=O)[O-])C=CC(N=Nc2ccccc2)=CC1. The second kappa shape index (κ2) is 6.08. The number of azo groups is 1. The van der Waals surface area contributed by atoms with E-state index in [0.29, 0.717) is 11.4 Å². The van der Waals surface area contributed by atoms with Gasteiger partial charge in [-0.2, -0.15) is 10.2 Å². The summed E-state index contributed by atoms with van der Waals surface area (Å²) in [5, 5.41) is 21.6. The van der Waals surface area contributed by atoms with Crippen LogP contribution in [0.4, 0.5) is 5.69 Å². The third kappa shape index (κ3) is 3.59. The van der Waals surface area contributed by atoms with E-state index in [1.54, 1.807) is 18.2 Å². The molecule has 1 aliphatic carbocycles. The molecule has 1 aromatic carbocycles. The highest BCUT2D eigenvalue weighted by Gasteiger charge is 2.41. The van der Waals surface area contributed by atoms with Gasteiger partial charge in [-0.15, -0.1) is 0 Å². The molecule has 0 spiro atoms. The zero-order valence-electron chi connectivity index (χ0n) is 11.4. The van der Waals surface area contributed by atoms with Crippen LogP contribution in [0.5, 0.6) is 0 Å². The summed E-state index contributed by atoms with van der Waals surface area (Å²) >= 11 is 0. The molecule has 1 amide bonds. The first-order valence-corrected chi connectivity index (χ1v) is 6.31. The van der Waals surface area contributed by atoms with Crippen molar-refractivity contribution in [3.8, 4) is 0 Å². The van der Waals surface area contributed by atoms with Crippen LogP contribution in [0.25, 0.3) is 0 Å². The molecule has 1 unspecified atom stereocenters. The standard InChI is InChI=1S/C14H14N4O3/c1-11(19)15-14(18(20)21)9-7-13(8-10-14)17-16-12-5-3-2-4-6-12/h2-9H,10H2,1H3,(H,15,19). The van der Waals surface area contributed by atoms with E-state index in [1.807, 2.05) is 18.2 Å². The van der Waals surface area contributed by atoms with Gasteiger partial charge in [0.15, 0.2) is 0 Å². The Morgan fingerprint density at radius 3 is 2.57 bits per heavy atom. The molecular weight excluding hydrogens is 272 g/mol. The Morgan fingerprint density at radius 1 is 1.33 bits per heavy atom. The lowest BCUT2D eigenvalue weighted by atomic mass is 10.00. The number of nitrogens with zero attached hydrogens (tertiary/aromatic N) is 3. The van der Waals surface area contributed by atoms with Crippen LogP contribution in [0.1, 0.15) is 13.3 Å². The maximum absolute atomic E-state index is 11.2. The average Bonchev–Trinajstić information content (AvgIpc) is 2.47. The van der Waals surface area contributed by atoms with Gasteiger partial charge in [-0.3, -0.25) is 20.2 Å². The summed E-state index contributed by atoms with van der Waals surface area (Å²) in [7, 11) is 0. The van der Waals surface area contributed by atoms with Crippen molar-refractivity contribution in [1.29, 1.82) is 0 Å². The van der Waals surface area contributed by atoms with Crippen LogP contribution in [0.15, 0.2) is 64.5 Å². The Morgan fingerprint density at radius 2 is 2.05 bits per heavy atom. The van der Waals surface area contributed by atoms with Crippen molar-refractivity contribution in [3.63, 3.8) is 0 Å². The Hall–Kier alpha value is -2.83. The molecule has 1 N–H and O–H groups in total. The van der Waals surface area contributed by atoms with Gasteiger partial charge in [-0.05, 0) is 24.3 Å². The van der Waals surface area contributed by atoms with Crippen LogP contribution in [0.3, 0.4) is 0 Å². The highest BCUT2D eigenvalue weighted by molar-refractivity contribution is 5.74. The minimum Gasteiger partial charge on any atom is -0.288 e. The minimum atomic E-state index is -1.60. The minimum absolute atomic E-state index is 0.0270. The van der Waals surface area contributed by atoms with Gasteiger partial charge in [0.1, 0.15) is 0 Å². The molecule has 1 aliphatic rings. The van der Waals surface area contributed by atoms with Gasteiger partial charge in [0, 0.05) is 13.0 Å². The summed E-state index contributed by atoms with van der Waals surface area (Å²) in [6, 6.07) is 9.16. The first kappa shape index (κ1) is 14.6. The number of rotatable bonds is 4. The predicted octanol–water partition coefficient (Wildman–Crippen LogP) is 2.72. The first-order chi connectivity index (χ1) is 10.0. The van der Waals surface area contributed by atoms with Crippen LogP contribution in [0.2, 0.25) is 0 Å². The predicted molar refractivity (Wildman–Crippen MR) is 76.3 cm³/mol. The highest BCUT2D eigenvalue weighted by atomic mass is 16.6. The van der Waals surface area contributed by atoms with Crippen LogP contribution in [-0.2, 0) is 4.79 Å². The van der Waals surface area contributed by atoms with Gasteiger partial charge in [-0.25, -0.2) is 0 Å². The Kier molecular flexibility index (Phi) is 4.22. The number of nitro groups is 1. The third-order valence-corrected chi connectivity index (χ3v) is 2.91. The monoisotopic (exact) mass is 286 g/mol. The summed E-state index contributed by atoms with van der Waals surface area (Å²) in [5.74, 6) is -0.459. The second-order valence-electron chi connectivity index (χ2n) is 4.56. The summed E-state index contributed by atoms with van der Waals surface area (Å²) < 4.78 is 0. The molecule has 2 rings (SSSR count). The first-order valence-electron chi connectivity index (χ1n) is 6.31. The number of carbonyl (C=O) groups excluding carboxylic acids is 1. The van der Waals surface area contributed by atoms with Crippen molar-refractivity contribution in [3.05, 3.63) is 64.4 Å². The number of benzene rings is 1. The van der Waals surface area contributed by atoms with E-state index in [-0.39, 0.29) is 6.42 Å². The Balaban J connectivity index is 2.11. The number of carbonyl (C=O) groups is 1. The molecule has 0 aliphatic heterocycles. The molecule has 7 heteroatoms. The fraction of sp³-hybridized carbons (Fsp3) is 0.214. The Labute approximate surface area is 121 Å². The van der Waals surface area contributed by atoms with Gasteiger partial charge in [0.2, 0.25) is 5.91 Å². The molecular formula is C14H14N4O3. The van der Waals surface area contributed by atoms with E-state index in [0.717, 1.165) is 0 Å². The van der Waals surface area contributed by atoms with Gasteiger partial charge in [0.05, 0.1) is 22.7 Å². The van der Waals surface area contributed by atoms with Gasteiger partial charge >= 0.3 is 5.66 Å². The van der Waals surface area contributed by atoms with Crippen molar-refractivity contribution in [2.24, 2.45) is 10.2 Å². The summed E-state index contributed by atoms with van der Waals surface area (Å²) in [6.07, 6.45) is 4.41. The largest absolute Gasteiger partial charge is 0.318 e. The van der Waals surface area contributed by atoms with E-state index in [1.165, 1.54) is 19.1 Å². The molecule has 0 heterocycles. The van der Waals surface area contributed by atoms with Crippen molar-refractivity contribution in [2.45, 2.75) is 19.0 Å². The number of nitrogens with one attached hydrogen (secondary N) is 1. The lowest BCUT2D eigenvalue weighted by molar-refractivity contribution is -0.559. The normalized spacial score (nSPS) is 21.1. The van der Waals surface area contributed by atoms with Crippen LogP contribution < -0.4 is 5.32 Å². The zero-order valence-corrected chi connectivity index (χ0v) is 11.4. The lowest BCUT2D eigenvalue weighted by Gasteiger charge is -2.23. The van der Waals surface area contributed by atoms with Crippen LogP contribution >= 0.6 is 0 Å². The van der Waals surface area contributed by atoms with Crippen molar-refractivity contribution in [1.82, 2.24) is 5.32 Å². The summed E-state index contributed by atoms with van der Waals surface area (Å²) in [5.41, 5.74) is -0.390. The average molecular weight is 286 g/mol. The molecule has 0 radical (unpaired) electrons. The fourth-order valence-corrected chi connectivity index (χ4v) is 1.88. The van der Waals surface area contributed by atoms with E-state index >= 15 is 0 Å². The van der Waals surface area contributed by atoms with E-state index in [2.05, 4.69) is 15.5 Å². The lowest BCUT2D eigenvalue weighted by Crippen LogP contribution is -2.52. The molecule has 0 saturated carbocycles. The van der Waals surface area contributed by atoms with Gasteiger partial charge in [0.25, 0.3) is 0 Å². The Bertz CT molecular complexity index is 637. The van der Waals surface area contributed by atoms with Gasteiger partial charge in [-0.1, -0.05) is 18.2 Å². The maximum Gasteiger partial charge on any atom is 0.318 e. The van der Waals surface area contributed by atoms with Crippen molar-refractivity contribution in [2.75, 3.05) is 0 Å². The van der Waals surface area contributed by atoms with E-state index < -0.39 is 16.5 Å². The quantitative estimate of drug-likeness (QED) is 0.399. The van der Waals surface area contributed by atoms with Crippen LogP contribution in [0, 0.1) is 10.1 Å². The molecule has 21 heavy (non-hydrogen) atoms. The third-order valence-electron chi connectivity index (χ3n) is 2.91. The molecule has 0 aromatic heterocycles. The molecule has 0 saturated heterocycles. The molecule has 7 nitrogen and oxygen atoms in total. The molecule has 1 aromatic rings. The highest BCUT2D eigenvalue weighted by Crippen LogP contribution is 2.23. The summed E-state index contributed by atoms with van der Waals surface area (Å²) in [4.78, 5) is 21.7. The molecule has 0 bridgehead atoms. The summed E-state index contributed by atoms with van der Waals surface area (Å²) in [6.45, 7) is 1.24. The second-order valence-corrected chi connectivity index (χ2v) is 4.56. The van der Waals surface area contributed by atoms with E-state index in [4.69, 9.17) is 0 Å². The molecule has 1 atom stereocenters. The van der Waals surface area contributed by atoms with E-state index in [9.17, 15) is 14.9 Å². The zero-order chi connectivity index (χ0) is 15.3. The maximum atomic E-state index is 11.2. The van der Waals surface area contributed by atoms with Crippen LogP contribution in [-0.4, -0.2) is 16.5 Å². The number of hydrogen-bond donors (Lipinski definition) is 1. The smallest absolute Gasteiger partial charge is 0.288 e. The van der Waals surface area contributed by atoms with Crippen molar-refractivity contribution >= 4 is 11.6 Å². The number of hydrogen-bond acceptors (Lipinski definition) is 5. The van der Waals surface area contributed by atoms with Gasteiger partial charge < -0.3 is 0 Å². The number of allylic oxidation sites excluding steroid dienone is 1. The topological polar surface area (TPSA) is 97.0 Å². The number of amides is 1. The van der Waals surface area contributed by atoms with Crippen molar-refractivity contribution < 1.29 is 9.72 Å². The fourth-order valence-electron chi connectivity index (χ4n) is 1.88. The molecule has 108 valence electrons. The molecule has 0 fully saturated rings.